The van der Waals surface area contributed by atoms with Crippen LogP contribution in [-0.2, 0) is 0 Å². The number of aromatic nitrogens is 3. The van der Waals surface area contributed by atoms with E-state index in [2.05, 4.69) is 26.9 Å². The summed E-state index contributed by atoms with van der Waals surface area (Å²) in [6, 6.07) is 13.2. The lowest BCUT2D eigenvalue weighted by atomic mass is 10.2. The minimum absolute atomic E-state index is 0.00481. The molecule has 0 N–H and O–H groups in total. The van der Waals surface area contributed by atoms with Gasteiger partial charge < -0.3 is 14.2 Å². The molecule has 1 aliphatic rings. The van der Waals surface area contributed by atoms with Crippen LogP contribution in [0.3, 0.4) is 0 Å². The number of piperazine rings is 1. The van der Waals surface area contributed by atoms with E-state index in [9.17, 15) is 4.79 Å². The first-order chi connectivity index (χ1) is 14.7. The highest BCUT2D eigenvalue weighted by Gasteiger charge is 2.28. The molecule has 0 spiro atoms. The zero-order valence-corrected chi connectivity index (χ0v) is 17.2. The van der Waals surface area contributed by atoms with E-state index in [4.69, 9.17) is 9.26 Å². The van der Waals surface area contributed by atoms with Crippen molar-refractivity contribution in [3.8, 4) is 17.3 Å². The number of ether oxygens (including phenoxy) is 1. The summed E-state index contributed by atoms with van der Waals surface area (Å²) in [6.07, 6.45) is 1.61. The van der Waals surface area contributed by atoms with Crippen LogP contribution in [0.1, 0.15) is 36.1 Å². The molecule has 4 rings (SSSR count). The smallest absolute Gasteiger partial charge is 0.254 e. The van der Waals surface area contributed by atoms with Gasteiger partial charge >= 0.3 is 0 Å². The van der Waals surface area contributed by atoms with Crippen LogP contribution in [0.5, 0.6) is 5.88 Å². The van der Waals surface area contributed by atoms with Gasteiger partial charge in [-0.2, -0.15) is 4.98 Å². The molecule has 30 heavy (non-hydrogen) atoms. The van der Waals surface area contributed by atoms with Crippen LogP contribution in [0, 0.1) is 0 Å². The van der Waals surface area contributed by atoms with Crippen molar-refractivity contribution in [3.63, 3.8) is 0 Å². The van der Waals surface area contributed by atoms with Crippen molar-refractivity contribution in [2.75, 3.05) is 32.8 Å². The number of hydrogen-bond donors (Lipinski definition) is 0. The van der Waals surface area contributed by atoms with Crippen LogP contribution in [0.25, 0.3) is 11.4 Å². The molecule has 156 valence electrons. The lowest BCUT2D eigenvalue weighted by Crippen LogP contribution is -2.49. The first kappa shape index (κ1) is 20.0. The zero-order chi connectivity index (χ0) is 20.9. The number of amides is 1. The summed E-state index contributed by atoms with van der Waals surface area (Å²) in [5.74, 6) is 1.65. The molecule has 3 aromatic rings. The fraction of sp³-hybridized carbons (Fsp3) is 0.364. The van der Waals surface area contributed by atoms with Gasteiger partial charge in [-0.05, 0) is 19.9 Å². The lowest BCUT2D eigenvalue weighted by Gasteiger charge is -2.36. The maximum atomic E-state index is 12.8. The second-order valence-electron chi connectivity index (χ2n) is 7.14. The van der Waals surface area contributed by atoms with Gasteiger partial charge in [0, 0.05) is 49.6 Å². The molecule has 1 aliphatic heterocycles. The first-order valence-corrected chi connectivity index (χ1v) is 10.2. The van der Waals surface area contributed by atoms with Crippen molar-refractivity contribution in [1.29, 1.82) is 0 Å². The first-order valence-electron chi connectivity index (χ1n) is 10.2. The van der Waals surface area contributed by atoms with Crippen LogP contribution >= 0.6 is 0 Å². The molecule has 1 atom stereocenters. The summed E-state index contributed by atoms with van der Waals surface area (Å²) >= 11 is 0. The molecule has 1 aromatic carbocycles. The van der Waals surface area contributed by atoms with E-state index < -0.39 is 0 Å². The Labute approximate surface area is 175 Å². The van der Waals surface area contributed by atoms with Crippen molar-refractivity contribution in [2.45, 2.75) is 19.9 Å². The molecule has 0 aliphatic carbocycles. The molecule has 0 bridgehead atoms. The third kappa shape index (κ3) is 4.33. The summed E-state index contributed by atoms with van der Waals surface area (Å²) < 4.78 is 10.9. The van der Waals surface area contributed by atoms with Crippen LogP contribution in [-0.4, -0.2) is 63.6 Å². The quantitative estimate of drug-likeness (QED) is 0.621. The molecule has 3 heterocycles. The summed E-state index contributed by atoms with van der Waals surface area (Å²) in [4.78, 5) is 25.6. The van der Waals surface area contributed by atoms with Crippen LogP contribution < -0.4 is 4.74 Å². The molecule has 1 unspecified atom stereocenters. The third-order valence-electron chi connectivity index (χ3n) is 5.25. The fourth-order valence-corrected chi connectivity index (χ4v) is 3.53. The van der Waals surface area contributed by atoms with Gasteiger partial charge in [0.2, 0.25) is 17.6 Å². The largest absolute Gasteiger partial charge is 0.478 e. The van der Waals surface area contributed by atoms with E-state index in [0.29, 0.717) is 42.9 Å². The molecule has 1 fully saturated rings. The van der Waals surface area contributed by atoms with Gasteiger partial charge in [-0.1, -0.05) is 35.5 Å². The molecular weight excluding hydrogens is 382 g/mol. The summed E-state index contributed by atoms with van der Waals surface area (Å²) in [6.45, 7) is 7.20. The molecule has 0 radical (unpaired) electrons. The summed E-state index contributed by atoms with van der Waals surface area (Å²) in [7, 11) is 0. The van der Waals surface area contributed by atoms with Gasteiger partial charge in [0.25, 0.3) is 5.91 Å². The molecule has 1 saturated heterocycles. The lowest BCUT2D eigenvalue weighted by molar-refractivity contribution is 0.0551. The molecule has 8 heteroatoms. The van der Waals surface area contributed by atoms with Gasteiger partial charge in [-0.3, -0.25) is 9.69 Å². The Morgan fingerprint density at radius 3 is 2.67 bits per heavy atom. The van der Waals surface area contributed by atoms with E-state index in [-0.39, 0.29) is 11.9 Å². The van der Waals surface area contributed by atoms with E-state index in [1.165, 1.54) is 0 Å². The van der Waals surface area contributed by atoms with Gasteiger partial charge in [0.1, 0.15) is 0 Å². The predicted octanol–water partition coefficient (Wildman–Crippen LogP) is 3.05. The van der Waals surface area contributed by atoms with Gasteiger partial charge in [0.15, 0.2) is 0 Å². The van der Waals surface area contributed by atoms with Crippen LogP contribution in [0.15, 0.2) is 53.2 Å². The van der Waals surface area contributed by atoms with Gasteiger partial charge in [-0.15, -0.1) is 0 Å². The number of hydrogen-bond acceptors (Lipinski definition) is 7. The van der Waals surface area contributed by atoms with Crippen LogP contribution in [0.2, 0.25) is 0 Å². The monoisotopic (exact) mass is 407 g/mol. The van der Waals surface area contributed by atoms with E-state index in [1.54, 1.807) is 18.3 Å². The summed E-state index contributed by atoms with van der Waals surface area (Å²) in [5, 5.41) is 4.11. The van der Waals surface area contributed by atoms with Crippen molar-refractivity contribution < 1.29 is 14.1 Å². The second-order valence-corrected chi connectivity index (χ2v) is 7.14. The maximum Gasteiger partial charge on any atom is 0.254 e. The average Bonchev–Trinajstić information content (AvgIpc) is 3.30. The predicted molar refractivity (Wildman–Crippen MR) is 111 cm³/mol. The van der Waals surface area contributed by atoms with E-state index in [0.717, 1.165) is 18.7 Å². The maximum absolute atomic E-state index is 12.8. The topological polar surface area (TPSA) is 84.6 Å². The standard InChI is InChI=1S/C22H25N5O3/c1-3-29-19-15-18(9-10-23-19)22(28)27-13-11-26(12-14-27)16(2)21-24-20(25-30-21)17-7-5-4-6-8-17/h4-10,15-16H,3,11-14H2,1-2H3. The Hall–Kier alpha value is -3.26. The Morgan fingerprint density at radius 1 is 1.17 bits per heavy atom. The molecule has 1 amide bonds. The second kappa shape index (κ2) is 9.04. The highest BCUT2D eigenvalue weighted by atomic mass is 16.5. The van der Waals surface area contributed by atoms with E-state index >= 15 is 0 Å². The normalized spacial score (nSPS) is 15.7. The fourth-order valence-electron chi connectivity index (χ4n) is 3.53. The number of pyridine rings is 1. The number of benzene rings is 1. The Bertz CT molecular complexity index is 983. The molecule has 0 saturated carbocycles. The number of rotatable bonds is 6. The number of carbonyl (C=O) groups is 1. The zero-order valence-electron chi connectivity index (χ0n) is 17.2. The highest BCUT2D eigenvalue weighted by molar-refractivity contribution is 5.94. The Kier molecular flexibility index (Phi) is 6.04. The van der Waals surface area contributed by atoms with Gasteiger partial charge in [0.05, 0.1) is 12.6 Å². The number of carbonyl (C=O) groups excluding carboxylic acids is 1. The highest BCUT2D eigenvalue weighted by Crippen LogP contribution is 2.24. The Balaban J connectivity index is 1.37. The van der Waals surface area contributed by atoms with Crippen LogP contribution in [0.4, 0.5) is 0 Å². The van der Waals surface area contributed by atoms with Crippen molar-refractivity contribution in [2.24, 2.45) is 0 Å². The number of nitrogens with zero attached hydrogens (tertiary/aromatic N) is 5. The van der Waals surface area contributed by atoms with Crippen molar-refractivity contribution in [1.82, 2.24) is 24.9 Å². The molecule has 8 nitrogen and oxygen atoms in total. The SMILES string of the molecule is CCOc1cc(C(=O)N2CCN(C(C)c3nc(-c4ccccc4)no3)CC2)ccn1. The van der Waals surface area contributed by atoms with E-state index in [1.807, 2.05) is 42.2 Å². The van der Waals surface area contributed by atoms with Gasteiger partial charge in [-0.25, -0.2) is 4.98 Å². The molecular formula is C22H25N5O3. The minimum atomic E-state index is -0.0160. The van der Waals surface area contributed by atoms with Crippen molar-refractivity contribution in [3.05, 3.63) is 60.1 Å². The summed E-state index contributed by atoms with van der Waals surface area (Å²) in [5.41, 5.74) is 1.53. The van der Waals surface area contributed by atoms with Crippen molar-refractivity contribution >= 4 is 5.91 Å². The molecule has 2 aromatic heterocycles. The minimum Gasteiger partial charge on any atom is -0.478 e. The Morgan fingerprint density at radius 2 is 1.93 bits per heavy atom. The third-order valence-corrected chi connectivity index (χ3v) is 5.25. The average molecular weight is 407 g/mol.